The summed E-state index contributed by atoms with van der Waals surface area (Å²) in [7, 11) is 4.51. The fourth-order valence-electron chi connectivity index (χ4n) is 2.58. The van der Waals surface area contributed by atoms with Crippen LogP contribution in [0.4, 0.5) is 0 Å². The normalized spacial score (nSPS) is 18.3. The van der Waals surface area contributed by atoms with Crippen molar-refractivity contribution in [1.82, 2.24) is 4.90 Å². The summed E-state index contributed by atoms with van der Waals surface area (Å²) in [6.07, 6.45) is 1.06. The monoisotopic (exact) mass is 295 g/mol. The lowest BCUT2D eigenvalue weighted by atomic mass is 10.1. The molecule has 1 heterocycles. The van der Waals surface area contributed by atoms with Crippen molar-refractivity contribution in [2.45, 2.75) is 18.9 Å². The Kier molecular flexibility index (Phi) is 4.90. The van der Waals surface area contributed by atoms with Crippen molar-refractivity contribution in [3.05, 3.63) is 17.7 Å². The molecular formula is C15H21NO5. The Hall–Kier alpha value is -1.95. The maximum Gasteiger partial charge on any atom is 0.257 e. The summed E-state index contributed by atoms with van der Waals surface area (Å²) in [6, 6.07) is 3.33. The molecule has 1 aromatic carbocycles. The molecule has 6 nitrogen and oxygen atoms in total. The Balaban J connectivity index is 2.36. The maximum absolute atomic E-state index is 12.6. The number of carbonyl (C=O) groups is 1. The van der Waals surface area contributed by atoms with Crippen molar-refractivity contribution in [1.29, 1.82) is 0 Å². The molecular weight excluding hydrogens is 274 g/mol. The molecule has 21 heavy (non-hydrogen) atoms. The second-order valence-electron chi connectivity index (χ2n) is 4.93. The predicted molar refractivity (Wildman–Crippen MR) is 77.2 cm³/mol. The highest BCUT2D eigenvalue weighted by Crippen LogP contribution is 2.40. The van der Waals surface area contributed by atoms with Crippen molar-refractivity contribution in [2.75, 3.05) is 34.4 Å². The van der Waals surface area contributed by atoms with Crippen molar-refractivity contribution in [2.24, 2.45) is 0 Å². The number of methoxy groups -OCH3 is 3. The van der Waals surface area contributed by atoms with Gasteiger partial charge in [-0.1, -0.05) is 0 Å². The third kappa shape index (κ3) is 3.05. The largest absolute Gasteiger partial charge is 0.493 e. The number of aliphatic hydroxyl groups is 1. The first kappa shape index (κ1) is 15.4. The van der Waals surface area contributed by atoms with Crippen molar-refractivity contribution >= 4 is 5.91 Å². The van der Waals surface area contributed by atoms with Gasteiger partial charge in [-0.2, -0.15) is 0 Å². The molecule has 1 saturated heterocycles. The molecule has 1 N–H and O–H groups in total. The highest BCUT2D eigenvalue weighted by atomic mass is 16.5. The highest BCUT2D eigenvalue weighted by Gasteiger charge is 2.27. The fraction of sp³-hybridized carbons (Fsp3) is 0.533. The predicted octanol–water partition coefficient (Wildman–Crippen LogP) is 1.31. The molecule has 1 unspecified atom stereocenters. The van der Waals surface area contributed by atoms with Gasteiger partial charge in [0.25, 0.3) is 5.91 Å². The zero-order chi connectivity index (χ0) is 15.4. The Morgan fingerprint density at radius 1 is 1.19 bits per heavy atom. The minimum absolute atomic E-state index is 0.174. The summed E-state index contributed by atoms with van der Waals surface area (Å²) in [5, 5.41) is 9.71. The van der Waals surface area contributed by atoms with E-state index in [1.54, 1.807) is 17.0 Å². The molecule has 1 aromatic rings. The molecule has 1 amide bonds. The number of rotatable bonds is 4. The van der Waals surface area contributed by atoms with Crippen LogP contribution < -0.4 is 14.2 Å². The van der Waals surface area contributed by atoms with Crippen molar-refractivity contribution < 1.29 is 24.1 Å². The first-order chi connectivity index (χ1) is 10.1. The van der Waals surface area contributed by atoms with Crippen LogP contribution in [0, 0.1) is 0 Å². The quantitative estimate of drug-likeness (QED) is 0.907. The number of β-amino-alcohol motifs (C(OH)–C–C–N with tert-alkyl or cyclic N) is 1. The summed E-state index contributed by atoms with van der Waals surface area (Å²) in [5.74, 6) is 1.07. The second-order valence-corrected chi connectivity index (χ2v) is 4.93. The van der Waals surface area contributed by atoms with Gasteiger partial charge in [0.1, 0.15) is 0 Å². The number of benzene rings is 1. The Morgan fingerprint density at radius 2 is 1.90 bits per heavy atom. The van der Waals surface area contributed by atoms with E-state index in [4.69, 9.17) is 14.2 Å². The Bertz CT molecular complexity index is 517. The van der Waals surface area contributed by atoms with Crippen molar-refractivity contribution in [3.8, 4) is 17.2 Å². The lowest BCUT2D eigenvalue weighted by Crippen LogP contribution is -2.42. The molecule has 0 aromatic heterocycles. The van der Waals surface area contributed by atoms with Gasteiger partial charge in [0, 0.05) is 13.1 Å². The van der Waals surface area contributed by atoms with Gasteiger partial charge in [0.2, 0.25) is 5.75 Å². The zero-order valence-electron chi connectivity index (χ0n) is 12.6. The number of amides is 1. The smallest absolute Gasteiger partial charge is 0.257 e. The van der Waals surface area contributed by atoms with Crippen LogP contribution in [0.1, 0.15) is 23.2 Å². The Labute approximate surface area is 124 Å². The highest BCUT2D eigenvalue weighted by molar-refractivity contribution is 5.98. The van der Waals surface area contributed by atoms with Crippen LogP contribution in [0.15, 0.2) is 12.1 Å². The number of ether oxygens (including phenoxy) is 3. The topological polar surface area (TPSA) is 68.2 Å². The molecule has 0 spiro atoms. The molecule has 1 aliphatic heterocycles. The number of nitrogens with zero attached hydrogens (tertiary/aromatic N) is 1. The minimum atomic E-state index is -0.464. The van der Waals surface area contributed by atoms with Gasteiger partial charge >= 0.3 is 0 Å². The van der Waals surface area contributed by atoms with Gasteiger partial charge in [0.15, 0.2) is 11.5 Å². The molecule has 1 fully saturated rings. The third-order valence-corrected chi connectivity index (χ3v) is 3.62. The van der Waals surface area contributed by atoms with Gasteiger partial charge in [-0.25, -0.2) is 0 Å². The standard InChI is InChI=1S/C15H21NO5/c1-19-12-7-6-11(13(20-2)14(12)21-3)15(18)16-8-4-5-10(17)9-16/h6-7,10,17H,4-5,8-9H2,1-3H3. The first-order valence-electron chi connectivity index (χ1n) is 6.88. The van der Waals surface area contributed by atoms with Crippen LogP contribution in [0.25, 0.3) is 0 Å². The Morgan fingerprint density at radius 3 is 2.48 bits per heavy atom. The van der Waals surface area contributed by atoms with E-state index in [9.17, 15) is 9.90 Å². The van der Waals surface area contributed by atoms with Crippen molar-refractivity contribution in [3.63, 3.8) is 0 Å². The minimum Gasteiger partial charge on any atom is -0.493 e. The number of aliphatic hydroxyl groups excluding tert-OH is 1. The van der Waals surface area contributed by atoms with E-state index in [-0.39, 0.29) is 5.91 Å². The third-order valence-electron chi connectivity index (χ3n) is 3.62. The molecule has 1 aliphatic rings. The summed E-state index contributed by atoms with van der Waals surface area (Å²) in [4.78, 5) is 14.3. The van der Waals surface area contributed by atoms with Crippen LogP contribution >= 0.6 is 0 Å². The van der Waals surface area contributed by atoms with Gasteiger partial charge < -0.3 is 24.2 Å². The van der Waals surface area contributed by atoms with E-state index >= 15 is 0 Å². The number of carbonyl (C=O) groups excluding carboxylic acids is 1. The summed E-state index contributed by atoms with van der Waals surface area (Å²) >= 11 is 0. The number of likely N-dealkylation sites (tertiary alicyclic amines) is 1. The molecule has 2 rings (SSSR count). The molecule has 0 bridgehead atoms. The maximum atomic E-state index is 12.6. The van der Waals surface area contributed by atoms with Gasteiger partial charge in [-0.15, -0.1) is 0 Å². The molecule has 0 radical (unpaired) electrons. The van der Waals surface area contributed by atoms with E-state index in [1.165, 1.54) is 21.3 Å². The number of piperidine rings is 1. The summed E-state index contributed by atoms with van der Waals surface area (Å²) in [6.45, 7) is 0.976. The van der Waals surface area contributed by atoms with E-state index in [0.717, 1.165) is 12.8 Å². The summed E-state index contributed by atoms with van der Waals surface area (Å²) in [5.41, 5.74) is 0.407. The van der Waals surface area contributed by atoms with E-state index < -0.39 is 6.10 Å². The van der Waals surface area contributed by atoms with Gasteiger partial charge in [-0.3, -0.25) is 4.79 Å². The molecule has 0 aliphatic carbocycles. The van der Waals surface area contributed by atoms with Crippen LogP contribution in [-0.4, -0.2) is 56.4 Å². The molecule has 116 valence electrons. The second kappa shape index (κ2) is 6.67. The van der Waals surface area contributed by atoms with Crippen LogP contribution in [0.5, 0.6) is 17.2 Å². The SMILES string of the molecule is COc1ccc(C(=O)N2CCCC(O)C2)c(OC)c1OC. The lowest BCUT2D eigenvalue weighted by Gasteiger charge is -2.30. The average Bonchev–Trinajstić information content (AvgIpc) is 2.52. The van der Waals surface area contributed by atoms with Gasteiger partial charge in [-0.05, 0) is 25.0 Å². The zero-order valence-corrected chi connectivity index (χ0v) is 12.6. The van der Waals surface area contributed by atoms with Crippen LogP contribution in [0.3, 0.4) is 0 Å². The lowest BCUT2D eigenvalue weighted by molar-refractivity contribution is 0.0470. The van der Waals surface area contributed by atoms with E-state index in [0.29, 0.717) is 35.9 Å². The molecule has 6 heteroatoms. The number of hydrogen-bond acceptors (Lipinski definition) is 5. The van der Waals surface area contributed by atoms with E-state index in [1.807, 2.05) is 0 Å². The van der Waals surface area contributed by atoms with E-state index in [2.05, 4.69) is 0 Å². The molecule has 0 saturated carbocycles. The van der Waals surface area contributed by atoms with Crippen LogP contribution in [0.2, 0.25) is 0 Å². The number of hydrogen-bond donors (Lipinski definition) is 1. The van der Waals surface area contributed by atoms with Gasteiger partial charge in [0.05, 0.1) is 33.0 Å². The van der Waals surface area contributed by atoms with Crippen LogP contribution in [-0.2, 0) is 0 Å². The average molecular weight is 295 g/mol. The fourth-order valence-corrected chi connectivity index (χ4v) is 2.58. The first-order valence-corrected chi connectivity index (χ1v) is 6.88. The molecule has 1 atom stereocenters. The summed E-state index contributed by atoms with van der Waals surface area (Å²) < 4.78 is 15.8.